The van der Waals surface area contributed by atoms with Gasteiger partial charge in [-0.05, 0) is 37.1 Å². The number of hydrogen-bond donors (Lipinski definition) is 1. The number of rotatable bonds is 5. The van der Waals surface area contributed by atoms with Gasteiger partial charge in [-0.25, -0.2) is 8.78 Å². The van der Waals surface area contributed by atoms with E-state index < -0.39 is 11.6 Å². The molecule has 0 bridgehead atoms. The maximum atomic E-state index is 13.8. The molecule has 0 unspecified atom stereocenters. The second-order valence-corrected chi connectivity index (χ2v) is 5.46. The summed E-state index contributed by atoms with van der Waals surface area (Å²) in [4.78, 5) is 3.87. The van der Waals surface area contributed by atoms with Gasteiger partial charge >= 0.3 is 0 Å². The Morgan fingerprint density at radius 2 is 2.00 bits per heavy atom. The van der Waals surface area contributed by atoms with Gasteiger partial charge in [0.1, 0.15) is 5.75 Å². The van der Waals surface area contributed by atoms with Gasteiger partial charge in [0.2, 0.25) is 0 Å². The highest BCUT2D eigenvalue weighted by atomic mass is 79.9. The molecule has 0 saturated carbocycles. The van der Waals surface area contributed by atoms with Crippen LogP contribution in [0.3, 0.4) is 0 Å². The smallest absolute Gasteiger partial charge is 0.258 e. The standard InChI is InChI=1S/C15H15BrF2N2O/c1-3-6-19-14-11(17)8-12(18)15(20-14)21-13-5-4-10(16)7-9(13)2/h4-5,7-8H,3,6H2,1-2H3,(H,19,20). The molecule has 1 aromatic carbocycles. The van der Waals surface area contributed by atoms with E-state index in [1.54, 1.807) is 12.1 Å². The maximum Gasteiger partial charge on any atom is 0.258 e. The highest BCUT2D eigenvalue weighted by Gasteiger charge is 2.14. The lowest BCUT2D eigenvalue weighted by Gasteiger charge is -2.11. The number of halogens is 3. The third-order valence-electron chi connectivity index (χ3n) is 2.78. The van der Waals surface area contributed by atoms with Crippen molar-refractivity contribution in [3.8, 4) is 11.6 Å². The van der Waals surface area contributed by atoms with Gasteiger partial charge in [-0.1, -0.05) is 22.9 Å². The SMILES string of the molecule is CCCNc1nc(Oc2ccc(Br)cc2C)c(F)cc1F. The lowest BCUT2D eigenvalue weighted by molar-refractivity contribution is 0.415. The van der Waals surface area contributed by atoms with E-state index in [1.807, 2.05) is 19.9 Å². The summed E-state index contributed by atoms with van der Waals surface area (Å²) < 4.78 is 33.7. The van der Waals surface area contributed by atoms with Crippen LogP contribution < -0.4 is 10.1 Å². The molecule has 0 aliphatic heterocycles. The average Bonchev–Trinajstić information content (AvgIpc) is 2.43. The molecule has 0 atom stereocenters. The number of nitrogens with one attached hydrogen (secondary N) is 1. The van der Waals surface area contributed by atoms with E-state index in [2.05, 4.69) is 26.2 Å². The van der Waals surface area contributed by atoms with E-state index >= 15 is 0 Å². The zero-order chi connectivity index (χ0) is 15.4. The number of pyridine rings is 1. The number of benzene rings is 1. The molecule has 6 heteroatoms. The number of ether oxygens (including phenoxy) is 1. The molecule has 3 nitrogen and oxygen atoms in total. The Kier molecular flexibility index (Phi) is 5.12. The van der Waals surface area contributed by atoms with Crippen molar-refractivity contribution in [2.75, 3.05) is 11.9 Å². The van der Waals surface area contributed by atoms with Crippen molar-refractivity contribution in [3.63, 3.8) is 0 Å². The highest BCUT2D eigenvalue weighted by molar-refractivity contribution is 9.10. The molecule has 2 rings (SSSR count). The summed E-state index contributed by atoms with van der Waals surface area (Å²) in [6, 6.07) is 6.09. The van der Waals surface area contributed by atoms with Gasteiger partial charge in [0.15, 0.2) is 17.5 Å². The molecule has 0 spiro atoms. The van der Waals surface area contributed by atoms with Crippen LogP contribution in [0.5, 0.6) is 11.6 Å². The molecule has 21 heavy (non-hydrogen) atoms. The molecule has 0 amide bonds. The van der Waals surface area contributed by atoms with E-state index in [4.69, 9.17) is 4.74 Å². The Hall–Kier alpha value is -1.69. The fraction of sp³-hybridized carbons (Fsp3) is 0.267. The quantitative estimate of drug-likeness (QED) is 0.814. The van der Waals surface area contributed by atoms with Crippen LogP contribution in [0, 0.1) is 18.6 Å². The van der Waals surface area contributed by atoms with Gasteiger partial charge in [0.05, 0.1) is 0 Å². The third-order valence-corrected chi connectivity index (χ3v) is 3.28. The largest absolute Gasteiger partial charge is 0.436 e. The van der Waals surface area contributed by atoms with E-state index in [0.29, 0.717) is 12.3 Å². The minimum absolute atomic E-state index is 0.0111. The molecule has 0 saturated heterocycles. The predicted molar refractivity (Wildman–Crippen MR) is 81.9 cm³/mol. The predicted octanol–water partition coefficient (Wildman–Crippen LogP) is 5.04. The molecule has 1 N–H and O–H groups in total. The fourth-order valence-electron chi connectivity index (χ4n) is 1.72. The Bertz CT molecular complexity index is 650. The second kappa shape index (κ2) is 6.85. The van der Waals surface area contributed by atoms with Crippen molar-refractivity contribution in [1.29, 1.82) is 0 Å². The number of anilines is 1. The summed E-state index contributed by atoms with van der Waals surface area (Å²) in [6.07, 6.45) is 0.806. The van der Waals surface area contributed by atoms with E-state index in [1.165, 1.54) is 0 Å². The first-order chi connectivity index (χ1) is 10.0. The van der Waals surface area contributed by atoms with Crippen LogP contribution in [-0.2, 0) is 0 Å². The van der Waals surface area contributed by atoms with Gasteiger partial charge in [0, 0.05) is 17.1 Å². The third kappa shape index (κ3) is 3.91. The molecule has 2 aromatic rings. The Labute approximate surface area is 130 Å². The topological polar surface area (TPSA) is 34.2 Å². The van der Waals surface area contributed by atoms with Crippen LogP contribution in [0.15, 0.2) is 28.7 Å². The van der Waals surface area contributed by atoms with Gasteiger partial charge in [-0.2, -0.15) is 4.98 Å². The number of nitrogens with zero attached hydrogens (tertiary/aromatic N) is 1. The minimum atomic E-state index is -0.836. The lowest BCUT2D eigenvalue weighted by Crippen LogP contribution is -2.06. The monoisotopic (exact) mass is 356 g/mol. The van der Waals surface area contributed by atoms with Crippen molar-refractivity contribution in [2.45, 2.75) is 20.3 Å². The van der Waals surface area contributed by atoms with Crippen molar-refractivity contribution in [3.05, 3.63) is 45.9 Å². The minimum Gasteiger partial charge on any atom is -0.436 e. The number of aromatic nitrogens is 1. The van der Waals surface area contributed by atoms with Crippen LogP contribution in [0.2, 0.25) is 0 Å². The lowest BCUT2D eigenvalue weighted by atomic mass is 10.2. The van der Waals surface area contributed by atoms with Gasteiger partial charge < -0.3 is 10.1 Å². The second-order valence-electron chi connectivity index (χ2n) is 4.54. The fourth-order valence-corrected chi connectivity index (χ4v) is 2.20. The maximum absolute atomic E-state index is 13.8. The zero-order valence-corrected chi connectivity index (χ0v) is 13.3. The van der Waals surface area contributed by atoms with Crippen molar-refractivity contribution >= 4 is 21.7 Å². The summed E-state index contributed by atoms with van der Waals surface area (Å²) in [5.74, 6) is -1.36. The summed E-state index contributed by atoms with van der Waals surface area (Å²) in [5.41, 5.74) is 0.818. The zero-order valence-electron chi connectivity index (χ0n) is 11.7. The first kappa shape index (κ1) is 15.7. The summed E-state index contributed by atoms with van der Waals surface area (Å²) >= 11 is 3.34. The molecular weight excluding hydrogens is 342 g/mol. The molecule has 0 radical (unpaired) electrons. The van der Waals surface area contributed by atoms with Crippen LogP contribution in [0.25, 0.3) is 0 Å². The van der Waals surface area contributed by atoms with Crippen LogP contribution in [0.1, 0.15) is 18.9 Å². The first-order valence-corrected chi connectivity index (χ1v) is 7.34. The van der Waals surface area contributed by atoms with Crippen LogP contribution in [0.4, 0.5) is 14.6 Å². The Morgan fingerprint density at radius 3 is 2.67 bits per heavy atom. The first-order valence-electron chi connectivity index (χ1n) is 6.55. The Balaban J connectivity index is 2.30. The van der Waals surface area contributed by atoms with Crippen molar-refractivity contribution < 1.29 is 13.5 Å². The summed E-state index contributed by atoms with van der Waals surface area (Å²) in [7, 11) is 0. The molecular formula is C15H15BrF2N2O. The molecule has 0 fully saturated rings. The van der Waals surface area contributed by atoms with Gasteiger partial charge in [-0.15, -0.1) is 0 Å². The number of aryl methyl sites for hydroxylation is 1. The van der Waals surface area contributed by atoms with Crippen molar-refractivity contribution in [2.24, 2.45) is 0 Å². The van der Waals surface area contributed by atoms with E-state index in [-0.39, 0.29) is 11.7 Å². The molecule has 0 aliphatic carbocycles. The molecule has 1 aromatic heterocycles. The van der Waals surface area contributed by atoms with Gasteiger partial charge in [-0.3, -0.25) is 0 Å². The highest BCUT2D eigenvalue weighted by Crippen LogP contribution is 2.29. The molecule has 112 valence electrons. The van der Waals surface area contributed by atoms with E-state index in [9.17, 15) is 8.78 Å². The summed E-state index contributed by atoms with van der Waals surface area (Å²) in [5, 5.41) is 2.80. The summed E-state index contributed by atoms with van der Waals surface area (Å²) in [6.45, 7) is 4.32. The van der Waals surface area contributed by atoms with Crippen LogP contribution >= 0.6 is 15.9 Å². The molecule has 0 aliphatic rings. The Morgan fingerprint density at radius 1 is 1.24 bits per heavy atom. The van der Waals surface area contributed by atoms with Crippen molar-refractivity contribution in [1.82, 2.24) is 4.98 Å². The average molecular weight is 357 g/mol. The van der Waals surface area contributed by atoms with Gasteiger partial charge in [0.25, 0.3) is 5.88 Å². The molecule has 1 heterocycles. The van der Waals surface area contributed by atoms with E-state index in [0.717, 1.165) is 22.5 Å². The number of hydrogen-bond acceptors (Lipinski definition) is 3. The normalized spacial score (nSPS) is 10.5. The van der Waals surface area contributed by atoms with Crippen LogP contribution in [-0.4, -0.2) is 11.5 Å².